The Morgan fingerprint density at radius 2 is 1.73 bits per heavy atom. The van der Waals surface area contributed by atoms with E-state index in [0.717, 1.165) is 12.0 Å². The third kappa shape index (κ3) is 3.49. The Balaban J connectivity index is 2.29. The van der Waals surface area contributed by atoms with Crippen molar-refractivity contribution < 1.29 is 18.7 Å². The number of amides is 1. The third-order valence-electron chi connectivity index (χ3n) is 3.41. The average Bonchev–Trinajstić information content (AvgIpc) is 2.55. The Hall–Kier alpha value is -2.69. The maximum absolute atomic E-state index is 13.0. The fourth-order valence-electron chi connectivity index (χ4n) is 2.34. The van der Waals surface area contributed by atoms with Crippen LogP contribution in [0.25, 0.3) is 0 Å². The molecule has 0 radical (unpaired) electrons. The Kier molecular flexibility index (Phi) is 5.25. The zero-order valence-corrected chi connectivity index (χ0v) is 12.1. The zero-order chi connectivity index (χ0) is 15.9. The van der Waals surface area contributed by atoms with Crippen LogP contribution in [-0.4, -0.2) is 12.9 Å². The number of benzene rings is 2. The molecule has 0 N–H and O–H groups in total. The summed E-state index contributed by atoms with van der Waals surface area (Å²) in [4.78, 5) is 23.4. The Labute approximate surface area is 128 Å². The van der Waals surface area contributed by atoms with Crippen LogP contribution in [0.5, 0.6) is 5.75 Å². The molecule has 2 rings (SSSR count). The van der Waals surface area contributed by atoms with E-state index in [-0.39, 0.29) is 11.9 Å². The van der Waals surface area contributed by atoms with Gasteiger partial charge in [-0.15, -0.1) is 0 Å². The molecule has 0 aliphatic rings. The number of hydrogen-bond acceptors (Lipinski definition) is 3. The summed E-state index contributed by atoms with van der Waals surface area (Å²) >= 11 is 0. The number of carbonyl (C=O) groups excluding carboxylic acids is 2. The molecule has 1 unspecified atom stereocenters. The highest BCUT2D eigenvalue weighted by molar-refractivity contribution is 5.76. The lowest BCUT2D eigenvalue weighted by Crippen LogP contribution is -2.26. The number of ether oxygens (including phenoxy) is 1. The van der Waals surface area contributed by atoms with E-state index in [0.29, 0.717) is 24.3 Å². The van der Waals surface area contributed by atoms with Crippen molar-refractivity contribution in [3.05, 3.63) is 59.9 Å². The molecule has 0 bridgehead atoms. The third-order valence-corrected chi connectivity index (χ3v) is 3.41. The Morgan fingerprint density at radius 1 is 1.09 bits per heavy atom. The van der Waals surface area contributed by atoms with E-state index in [1.807, 2.05) is 6.92 Å². The van der Waals surface area contributed by atoms with Crippen LogP contribution in [-0.2, 0) is 9.59 Å². The molecule has 0 fully saturated rings. The predicted molar refractivity (Wildman–Crippen MR) is 81.1 cm³/mol. The van der Waals surface area contributed by atoms with Crippen LogP contribution in [0.2, 0.25) is 0 Å². The Morgan fingerprint density at radius 3 is 2.23 bits per heavy atom. The monoisotopic (exact) mass is 301 g/mol. The molecule has 0 aliphatic carbocycles. The molecule has 5 heteroatoms. The summed E-state index contributed by atoms with van der Waals surface area (Å²) in [5.41, 5.74) is 1.52. The van der Waals surface area contributed by atoms with Crippen molar-refractivity contribution in [1.82, 2.24) is 0 Å². The lowest BCUT2D eigenvalue weighted by atomic mass is 10.0. The van der Waals surface area contributed by atoms with Crippen molar-refractivity contribution in [2.75, 3.05) is 4.90 Å². The second-order valence-corrected chi connectivity index (χ2v) is 4.70. The van der Waals surface area contributed by atoms with Gasteiger partial charge in [-0.25, -0.2) is 4.39 Å². The largest absolute Gasteiger partial charge is 0.429 e. The lowest BCUT2D eigenvalue weighted by molar-refractivity contribution is -0.120. The van der Waals surface area contributed by atoms with Gasteiger partial charge in [0.05, 0.1) is 6.04 Å². The van der Waals surface area contributed by atoms with Gasteiger partial charge in [-0.3, -0.25) is 9.59 Å². The van der Waals surface area contributed by atoms with Gasteiger partial charge in [-0.05, 0) is 48.4 Å². The van der Waals surface area contributed by atoms with Crippen LogP contribution in [0.1, 0.15) is 24.9 Å². The van der Waals surface area contributed by atoms with Gasteiger partial charge in [0.15, 0.2) is 0 Å². The molecule has 2 aromatic rings. The molecule has 0 aromatic heterocycles. The minimum absolute atomic E-state index is 0.187. The second-order valence-electron chi connectivity index (χ2n) is 4.70. The van der Waals surface area contributed by atoms with Crippen molar-refractivity contribution >= 4 is 18.6 Å². The van der Waals surface area contributed by atoms with Crippen LogP contribution in [0.15, 0.2) is 48.5 Å². The van der Waals surface area contributed by atoms with Gasteiger partial charge in [0.25, 0.3) is 6.47 Å². The van der Waals surface area contributed by atoms with Crippen molar-refractivity contribution in [2.45, 2.75) is 19.4 Å². The van der Waals surface area contributed by atoms with Gasteiger partial charge in [0, 0.05) is 5.69 Å². The highest BCUT2D eigenvalue weighted by Crippen LogP contribution is 2.29. The number of halogens is 1. The smallest absolute Gasteiger partial charge is 0.298 e. The van der Waals surface area contributed by atoms with E-state index >= 15 is 0 Å². The standard InChI is InChI=1S/C17H16FNO3/c1-2-17(13-3-9-16(10-4-13)22-12-21)19(11-20)15-7-5-14(18)6-8-15/h3-12,17H,2H2,1H3. The first-order valence-corrected chi connectivity index (χ1v) is 6.89. The molecule has 0 saturated heterocycles. The van der Waals surface area contributed by atoms with Gasteiger partial charge >= 0.3 is 0 Å². The molecule has 0 spiro atoms. The van der Waals surface area contributed by atoms with Gasteiger partial charge in [0.2, 0.25) is 6.41 Å². The summed E-state index contributed by atoms with van der Waals surface area (Å²) in [7, 11) is 0. The quantitative estimate of drug-likeness (QED) is 0.736. The van der Waals surface area contributed by atoms with Gasteiger partial charge in [0.1, 0.15) is 11.6 Å². The number of rotatable bonds is 7. The number of nitrogens with zero attached hydrogens (tertiary/aromatic N) is 1. The topological polar surface area (TPSA) is 46.6 Å². The van der Waals surface area contributed by atoms with Gasteiger partial charge in [-0.2, -0.15) is 0 Å². The minimum atomic E-state index is -0.349. The first kappa shape index (κ1) is 15.7. The summed E-state index contributed by atoms with van der Waals surface area (Å²) in [5, 5.41) is 0. The van der Waals surface area contributed by atoms with E-state index < -0.39 is 0 Å². The van der Waals surface area contributed by atoms with Crippen LogP contribution >= 0.6 is 0 Å². The van der Waals surface area contributed by atoms with E-state index in [2.05, 4.69) is 0 Å². The van der Waals surface area contributed by atoms with Crippen LogP contribution in [0.4, 0.5) is 10.1 Å². The first-order valence-electron chi connectivity index (χ1n) is 6.89. The molecule has 1 amide bonds. The maximum Gasteiger partial charge on any atom is 0.298 e. The molecule has 114 valence electrons. The van der Waals surface area contributed by atoms with Crippen molar-refractivity contribution in [3.8, 4) is 5.75 Å². The van der Waals surface area contributed by atoms with E-state index in [9.17, 15) is 14.0 Å². The minimum Gasteiger partial charge on any atom is -0.429 e. The highest BCUT2D eigenvalue weighted by Gasteiger charge is 2.19. The maximum atomic E-state index is 13.0. The Bertz CT molecular complexity index is 625. The number of anilines is 1. The van der Waals surface area contributed by atoms with Gasteiger partial charge < -0.3 is 9.64 Å². The van der Waals surface area contributed by atoms with Crippen molar-refractivity contribution in [3.63, 3.8) is 0 Å². The van der Waals surface area contributed by atoms with E-state index in [4.69, 9.17) is 4.74 Å². The lowest BCUT2D eigenvalue weighted by Gasteiger charge is -2.28. The number of hydrogen-bond donors (Lipinski definition) is 0. The molecule has 2 aromatic carbocycles. The molecular formula is C17H16FNO3. The summed E-state index contributed by atoms with van der Waals surface area (Å²) < 4.78 is 17.8. The summed E-state index contributed by atoms with van der Waals surface area (Å²) in [6.45, 7) is 2.32. The normalized spacial score (nSPS) is 11.5. The van der Waals surface area contributed by atoms with E-state index in [1.165, 1.54) is 12.1 Å². The highest BCUT2D eigenvalue weighted by atomic mass is 19.1. The molecule has 1 atom stereocenters. The van der Waals surface area contributed by atoms with Crippen LogP contribution in [0.3, 0.4) is 0 Å². The molecule has 0 saturated carbocycles. The predicted octanol–water partition coefficient (Wildman–Crippen LogP) is 3.48. The average molecular weight is 301 g/mol. The fourth-order valence-corrected chi connectivity index (χ4v) is 2.34. The second kappa shape index (κ2) is 7.36. The zero-order valence-electron chi connectivity index (χ0n) is 12.1. The van der Waals surface area contributed by atoms with E-state index in [1.54, 1.807) is 41.3 Å². The van der Waals surface area contributed by atoms with Gasteiger partial charge in [-0.1, -0.05) is 19.1 Å². The molecule has 0 heterocycles. The summed E-state index contributed by atoms with van der Waals surface area (Å²) in [5.74, 6) is 0.0889. The van der Waals surface area contributed by atoms with Crippen molar-refractivity contribution in [2.24, 2.45) is 0 Å². The molecule has 22 heavy (non-hydrogen) atoms. The molecule has 4 nitrogen and oxygen atoms in total. The first-order chi connectivity index (χ1) is 10.7. The van der Waals surface area contributed by atoms with Crippen LogP contribution in [0, 0.1) is 5.82 Å². The summed E-state index contributed by atoms with van der Waals surface area (Å²) in [6, 6.07) is 12.5. The summed E-state index contributed by atoms with van der Waals surface area (Å²) in [6.07, 6.45) is 1.42. The number of carbonyl (C=O) groups is 2. The SMILES string of the molecule is CCC(c1ccc(OC=O)cc1)N(C=O)c1ccc(F)cc1. The molecule has 0 aliphatic heterocycles. The van der Waals surface area contributed by atoms with Crippen LogP contribution < -0.4 is 9.64 Å². The van der Waals surface area contributed by atoms with Crippen molar-refractivity contribution in [1.29, 1.82) is 0 Å². The fraction of sp³-hybridized carbons (Fsp3) is 0.176. The molecular weight excluding hydrogens is 285 g/mol.